The first-order valence-corrected chi connectivity index (χ1v) is 13.3. The highest BCUT2D eigenvalue weighted by molar-refractivity contribution is 6.03. The highest BCUT2D eigenvalue weighted by Gasteiger charge is 2.36. The molecule has 3 rings (SSSR count). The number of hydrogen-bond acceptors (Lipinski definition) is 5. The average molecular weight is 494 g/mol. The number of rotatable bonds is 14. The summed E-state index contributed by atoms with van der Waals surface area (Å²) in [5, 5.41) is 6.06. The van der Waals surface area contributed by atoms with Crippen LogP contribution in [-0.4, -0.2) is 48.4 Å². The van der Waals surface area contributed by atoms with Gasteiger partial charge in [0.2, 0.25) is 5.91 Å². The zero-order chi connectivity index (χ0) is 25.6. The number of anilines is 2. The fourth-order valence-corrected chi connectivity index (χ4v) is 4.41. The lowest BCUT2D eigenvalue weighted by Gasteiger charge is -2.35. The first kappa shape index (κ1) is 27.2. The second-order valence-electron chi connectivity index (χ2n) is 9.24. The number of para-hydroxylation sites is 2. The molecule has 0 radical (unpaired) electrons. The molecule has 2 aromatic rings. The van der Waals surface area contributed by atoms with Crippen molar-refractivity contribution < 1.29 is 19.1 Å². The summed E-state index contributed by atoms with van der Waals surface area (Å²) in [5.74, 6) is -1.06. The van der Waals surface area contributed by atoms with Gasteiger partial charge in [0, 0.05) is 18.8 Å². The minimum atomic E-state index is -0.887. The highest BCUT2D eigenvalue weighted by Crippen LogP contribution is 2.24. The van der Waals surface area contributed by atoms with Crippen LogP contribution in [0.4, 0.5) is 11.4 Å². The van der Waals surface area contributed by atoms with E-state index in [4.69, 9.17) is 4.74 Å². The largest absolute Gasteiger partial charge is 0.466 e. The number of piperazine rings is 1. The van der Waals surface area contributed by atoms with Crippen LogP contribution in [0.25, 0.3) is 0 Å². The number of carbonyl (C=O) groups is 3. The molecule has 1 heterocycles. The van der Waals surface area contributed by atoms with Crippen LogP contribution in [0.15, 0.2) is 54.6 Å². The number of carbonyl (C=O) groups excluding carboxylic acids is 3. The molecule has 2 aromatic carbocycles. The molecule has 7 heteroatoms. The van der Waals surface area contributed by atoms with E-state index in [0.717, 1.165) is 24.9 Å². The first-order chi connectivity index (χ1) is 17.6. The molecule has 1 aliphatic rings. The van der Waals surface area contributed by atoms with Crippen LogP contribution in [0.5, 0.6) is 0 Å². The second kappa shape index (κ2) is 14.9. The molecule has 0 aromatic heterocycles. The molecule has 1 saturated heterocycles. The van der Waals surface area contributed by atoms with Gasteiger partial charge in [0.05, 0.1) is 24.3 Å². The number of amides is 2. The van der Waals surface area contributed by atoms with Crippen molar-refractivity contribution in [3.63, 3.8) is 0 Å². The van der Waals surface area contributed by atoms with Gasteiger partial charge in [0.25, 0.3) is 5.91 Å². The molecule has 194 valence electrons. The van der Waals surface area contributed by atoms with Crippen LogP contribution in [0.3, 0.4) is 0 Å². The summed E-state index contributed by atoms with van der Waals surface area (Å²) in [6.07, 6.45) is 9.14. The van der Waals surface area contributed by atoms with Gasteiger partial charge in [0.1, 0.15) is 6.04 Å². The summed E-state index contributed by atoms with van der Waals surface area (Å²) in [5.41, 5.74) is 1.96. The molecule has 7 nitrogen and oxygen atoms in total. The Bertz CT molecular complexity index is 979. The van der Waals surface area contributed by atoms with E-state index in [-0.39, 0.29) is 18.2 Å². The Morgan fingerprint density at radius 1 is 0.944 bits per heavy atom. The van der Waals surface area contributed by atoms with E-state index >= 15 is 0 Å². The Morgan fingerprint density at radius 3 is 2.36 bits per heavy atom. The van der Waals surface area contributed by atoms with Crippen molar-refractivity contribution in [2.75, 3.05) is 25.0 Å². The Hall–Kier alpha value is -3.35. The Morgan fingerprint density at radius 2 is 1.61 bits per heavy atom. The molecule has 0 saturated carbocycles. The van der Waals surface area contributed by atoms with Gasteiger partial charge in [-0.15, -0.1) is 0 Å². The van der Waals surface area contributed by atoms with Gasteiger partial charge in [-0.25, -0.2) is 0 Å². The average Bonchev–Trinajstić information content (AvgIpc) is 2.89. The van der Waals surface area contributed by atoms with Crippen LogP contribution in [0.2, 0.25) is 0 Å². The summed E-state index contributed by atoms with van der Waals surface area (Å²) < 4.78 is 5.41. The molecule has 1 aliphatic heterocycles. The second-order valence-corrected chi connectivity index (χ2v) is 9.24. The Balaban J connectivity index is 1.54. The summed E-state index contributed by atoms with van der Waals surface area (Å²) in [6, 6.07) is 15.9. The van der Waals surface area contributed by atoms with Crippen molar-refractivity contribution in [2.45, 2.75) is 70.8 Å². The minimum absolute atomic E-state index is 0.150. The maximum Gasteiger partial charge on any atom is 0.308 e. The molecule has 2 amide bonds. The zero-order valence-corrected chi connectivity index (χ0v) is 21.3. The van der Waals surface area contributed by atoms with Gasteiger partial charge < -0.3 is 20.3 Å². The third kappa shape index (κ3) is 8.40. The minimum Gasteiger partial charge on any atom is -0.466 e. The van der Waals surface area contributed by atoms with Crippen LogP contribution < -0.4 is 10.6 Å². The standard InChI is InChI=1S/C29H39N3O4/c1-2-3-4-5-6-7-8-14-21-36-27(33)22-26-28(34)30-19-20-32(26)29(35)24-17-12-13-18-25(24)31-23-15-10-9-11-16-23/h9-13,15-18,26,31H,2-8,14,19-22H2,1H3,(H,30,34). The predicted molar refractivity (Wildman–Crippen MR) is 142 cm³/mol. The number of nitrogens with zero attached hydrogens (tertiary/aromatic N) is 1. The third-order valence-corrected chi connectivity index (χ3v) is 6.42. The Kier molecular flexibility index (Phi) is 11.3. The van der Waals surface area contributed by atoms with Crippen molar-refractivity contribution in [1.82, 2.24) is 10.2 Å². The monoisotopic (exact) mass is 493 g/mol. The highest BCUT2D eigenvalue weighted by atomic mass is 16.5. The van der Waals surface area contributed by atoms with Crippen LogP contribution >= 0.6 is 0 Å². The van der Waals surface area contributed by atoms with Gasteiger partial charge >= 0.3 is 5.97 Å². The molecule has 2 N–H and O–H groups in total. The van der Waals surface area contributed by atoms with Crippen molar-refractivity contribution in [1.29, 1.82) is 0 Å². The van der Waals surface area contributed by atoms with Crippen molar-refractivity contribution in [3.8, 4) is 0 Å². The molecular weight excluding hydrogens is 454 g/mol. The van der Waals surface area contributed by atoms with Gasteiger partial charge in [-0.3, -0.25) is 14.4 Å². The van der Waals surface area contributed by atoms with Gasteiger partial charge in [-0.1, -0.05) is 82.2 Å². The number of hydrogen-bond donors (Lipinski definition) is 2. The van der Waals surface area contributed by atoms with Crippen molar-refractivity contribution >= 4 is 29.2 Å². The number of nitrogens with one attached hydrogen (secondary N) is 2. The number of ether oxygens (including phenoxy) is 1. The van der Waals surface area contributed by atoms with Crippen LogP contribution in [0, 0.1) is 0 Å². The molecule has 1 unspecified atom stereocenters. The van der Waals surface area contributed by atoms with Gasteiger partial charge in [-0.05, 0) is 30.7 Å². The topological polar surface area (TPSA) is 87.7 Å². The molecule has 1 atom stereocenters. The normalized spacial score (nSPS) is 15.3. The summed E-state index contributed by atoms with van der Waals surface area (Å²) in [7, 11) is 0. The summed E-state index contributed by atoms with van der Waals surface area (Å²) in [6.45, 7) is 3.24. The van der Waals surface area contributed by atoms with E-state index in [1.54, 1.807) is 12.1 Å². The summed E-state index contributed by atoms with van der Waals surface area (Å²) >= 11 is 0. The SMILES string of the molecule is CCCCCCCCCCOC(=O)CC1C(=O)NCCN1C(=O)c1ccccc1Nc1ccccc1. The fraction of sp³-hybridized carbons (Fsp3) is 0.483. The van der Waals surface area contributed by atoms with Crippen molar-refractivity contribution in [3.05, 3.63) is 60.2 Å². The Labute approximate surface area is 214 Å². The number of unbranched alkanes of at least 4 members (excludes halogenated alkanes) is 7. The number of esters is 1. The fourth-order valence-electron chi connectivity index (χ4n) is 4.41. The maximum atomic E-state index is 13.5. The van der Waals surface area contributed by atoms with E-state index < -0.39 is 12.0 Å². The molecular formula is C29H39N3O4. The molecule has 0 bridgehead atoms. The van der Waals surface area contributed by atoms with E-state index in [1.807, 2.05) is 42.5 Å². The molecule has 0 aliphatic carbocycles. The van der Waals surface area contributed by atoms with Gasteiger partial charge in [0.15, 0.2) is 0 Å². The van der Waals surface area contributed by atoms with Crippen LogP contribution in [0.1, 0.15) is 75.1 Å². The first-order valence-electron chi connectivity index (χ1n) is 13.3. The van der Waals surface area contributed by atoms with E-state index in [0.29, 0.717) is 30.9 Å². The lowest BCUT2D eigenvalue weighted by Crippen LogP contribution is -2.57. The van der Waals surface area contributed by atoms with Gasteiger partial charge in [-0.2, -0.15) is 0 Å². The lowest BCUT2D eigenvalue weighted by molar-refractivity contribution is -0.147. The van der Waals surface area contributed by atoms with Crippen LogP contribution in [-0.2, 0) is 14.3 Å². The number of benzene rings is 2. The smallest absolute Gasteiger partial charge is 0.308 e. The quantitative estimate of drug-likeness (QED) is 0.270. The third-order valence-electron chi connectivity index (χ3n) is 6.42. The molecule has 1 fully saturated rings. The van der Waals surface area contributed by atoms with E-state index in [2.05, 4.69) is 17.6 Å². The molecule has 0 spiro atoms. The maximum absolute atomic E-state index is 13.5. The lowest BCUT2D eigenvalue weighted by atomic mass is 10.1. The summed E-state index contributed by atoms with van der Waals surface area (Å²) in [4.78, 5) is 40.2. The van der Waals surface area contributed by atoms with E-state index in [1.165, 1.54) is 37.0 Å². The molecule has 36 heavy (non-hydrogen) atoms. The predicted octanol–water partition coefficient (Wildman–Crippen LogP) is 5.44. The van der Waals surface area contributed by atoms with E-state index in [9.17, 15) is 14.4 Å². The van der Waals surface area contributed by atoms with Crippen molar-refractivity contribution in [2.24, 2.45) is 0 Å². The zero-order valence-electron chi connectivity index (χ0n) is 21.3.